The van der Waals surface area contributed by atoms with E-state index in [-0.39, 0.29) is 24.3 Å². The largest absolute Gasteiger partial charge is 0.376 e. The summed E-state index contributed by atoms with van der Waals surface area (Å²) in [6.45, 7) is 5.40. The highest BCUT2D eigenvalue weighted by atomic mass is 16.2. The molecule has 0 aliphatic heterocycles. The predicted octanol–water partition coefficient (Wildman–Crippen LogP) is 3.41. The van der Waals surface area contributed by atoms with Gasteiger partial charge in [-0.25, -0.2) is 0 Å². The molecule has 0 atom stereocenters. The van der Waals surface area contributed by atoms with E-state index in [4.69, 9.17) is 0 Å². The Kier molecular flexibility index (Phi) is 9.37. The fraction of sp³-hybridized carbons (Fsp3) is 0.348. The average molecular weight is 411 g/mol. The van der Waals surface area contributed by atoms with Gasteiger partial charge in [-0.3, -0.25) is 14.4 Å². The van der Waals surface area contributed by atoms with Gasteiger partial charge in [0.2, 0.25) is 5.91 Å². The van der Waals surface area contributed by atoms with Crippen molar-refractivity contribution in [3.8, 4) is 0 Å². The van der Waals surface area contributed by atoms with Gasteiger partial charge in [0.1, 0.15) is 0 Å². The van der Waals surface area contributed by atoms with E-state index in [1.807, 2.05) is 6.92 Å². The average Bonchev–Trinajstić information content (AvgIpc) is 2.76. The summed E-state index contributed by atoms with van der Waals surface area (Å²) in [4.78, 5) is 36.3. The molecule has 4 N–H and O–H groups in total. The summed E-state index contributed by atoms with van der Waals surface area (Å²) in [5.74, 6) is -0.497. The van der Waals surface area contributed by atoms with Gasteiger partial charge in [0.15, 0.2) is 0 Å². The van der Waals surface area contributed by atoms with E-state index < -0.39 is 0 Å². The zero-order chi connectivity index (χ0) is 21.8. The lowest BCUT2D eigenvalue weighted by atomic mass is 10.2. The molecule has 30 heavy (non-hydrogen) atoms. The van der Waals surface area contributed by atoms with Crippen LogP contribution in [0.2, 0.25) is 0 Å². The van der Waals surface area contributed by atoms with Gasteiger partial charge in [-0.1, -0.05) is 26.3 Å². The van der Waals surface area contributed by atoms with Crippen LogP contribution in [0.5, 0.6) is 0 Å². The molecule has 2 rings (SSSR count). The molecule has 0 saturated carbocycles. The number of anilines is 2. The van der Waals surface area contributed by atoms with Gasteiger partial charge in [-0.15, -0.1) is 0 Å². The SMILES string of the molecule is CCCCNC(=O)c1ccc(NCC(=O)Nc2cccc(C(=O)NCCC)c2)cc1. The quantitative estimate of drug-likeness (QED) is 0.427. The Labute approximate surface area is 177 Å². The molecule has 0 bridgehead atoms. The van der Waals surface area contributed by atoms with Crippen molar-refractivity contribution in [2.45, 2.75) is 33.1 Å². The molecule has 0 spiro atoms. The molecule has 7 nitrogen and oxygen atoms in total. The molecular weight excluding hydrogens is 380 g/mol. The van der Waals surface area contributed by atoms with Crippen LogP contribution in [-0.4, -0.2) is 37.4 Å². The van der Waals surface area contributed by atoms with Gasteiger partial charge in [0, 0.05) is 35.6 Å². The van der Waals surface area contributed by atoms with Gasteiger partial charge in [0.25, 0.3) is 11.8 Å². The second-order valence-electron chi connectivity index (χ2n) is 6.93. The monoisotopic (exact) mass is 410 g/mol. The zero-order valence-electron chi connectivity index (χ0n) is 17.6. The summed E-state index contributed by atoms with van der Waals surface area (Å²) in [6.07, 6.45) is 2.84. The van der Waals surface area contributed by atoms with Crippen LogP contribution >= 0.6 is 0 Å². The van der Waals surface area contributed by atoms with Crippen LogP contribution in [0, 0.1) is 0 Å². The second kappa shape index (κ2) is 12.3. The molecule has 2 aromatic rings. The maximum atomic E-state index is 12.2. The molecule has 7 heteroatoms. The summed E-state index contributed by atoms with van der Waals surface area (Å²) < 4.78 is 0. The minimum absolute atomic E-state index is 0.0638. The van der Waals surface area contributed by atoms with Crippen LogP contribution in [0.15, 0.2) is 48.5 Å². The number of hydrogen-bond acceptors (Lipinski definition) is 4. The Morgan fingerprint density at radius 2 is 1.47 bits per heavy atom. The van der Waals surface area contributed by atoms with E-state index in [0.29, 0.717) is 29.9 Å². The van der Waals surface area contributed by atoms with Crippen molar-refractivity contribution in [1.29, 1.82) is 0 Å². The van der Waals surface area contributed by atoms with Gasteiger partial charge < -0.3 is 21.3 Å². The Bertz CT molecular complexity index is 850. The molecule has 0 aromatic heterocycles. The van der Waals surface area contributed by atoms with Crippen molar-refractivity contribution >= 4 is 29.1 Å². The smallest absolute Gasteiger partial charge is 0.251 e. The second-order valence-corrected chi connectivity index (χ2v) is 6.93. The first kappa shape index (κ1) is 22.9. The third-order valence-corrected chi connectivity index (χ3v) is 4.36. The summed E-state index contributed by atoms with van der Waals surface area (Å²) in [7, 11) is 0. The van der Waals surface area contributed by atoms with Crippen molar-refractivity contribution in [3.63, 3.8) is 0 Å². The fourth-order valence-electron chi connectivity index (χ4n) is 2.69. The lowest BCUT2D eigenvalue weighted by molar-refractivity contribution is -0.114. The number of nitrogens with one attached hydrogen (secondary N) is 4. The van der Waals surface area contributed by atoms with Crippen molar-refractivity contribution in [1.82, 2.24) is 10.6 Å². The van der Waals surface area contributed by atoms with Crippen LogP contribution in [0.1, 0.15) is 53.8 Å². The number of rotatable bonds is 11. The highest BCUT2D eigenvalue weighted by molar-refractivity contribution is 5.98. The van der Waals surface area contributed by atoms with Gasteiger partial charge in [-0.05, 0) is 55.3 Å². The van der Waals surface area contributed by atoms with Crippen molar-refractivity contribution in [2.24, 2.45) is 0 Å². The van der Waals surface area contributed by atoms with Crippen LogP contribution in [-0.2, 0) is 4.79 Å². The number of carbonyl (C=O) groups is 3. The van der Waals surface area contributed by atoms with Crippen LogP contribution < -0.4 is 21.3 Å². The molecule has 2 aromatic carbocycles. The Balaban J connectivity index is 1.83. The molecule has 0 unspecified atom stereocenters. The van der Waals surface area contributed by atoms with E-state index >= 15 is 0 Å². The van der Waals surface area contributed by atoms with Crippen LogP contribution in [0.4, 0.5) is 11.4 Å². The molecule has 0 heterocycles. The van der Waals surface area contributed by atoms with E-state index in [0.717, 1.165) is 24.9 Å². The minimum atomic E-state index is -0.234. The summed E-state index contributed by atoms with van der Waals surface area (Å²) in [5, 5.41) is 11.5. The number of hydrogen-bond donors (Lipinski definition) is 4. The molecule has 0 radical (unpaired) electrons. The first-order valence-electron chi connectivity index (χ1n) is 10.3. The van der Waals surface area contributed by atoms with Crippen LogP contribution in [0.25, 0.3) is 0 Å². The third kappa shape index (κ3) is 7.58. The maximum absolute atomic E-state index is 12.2. The Morgan fingerprint density at radius 3 is 2.17 bits per heavy atom. The molecule has 0 aliphatic carbocycles. The molecule has 0 aliphatic rings. The van der Waals surface area contributed by atoms with E-state index in [1.54, 1.807) is 48.5 Å². The van der Waals surface area contributed by atoms with Crippen molar-refractivity contribution < 1.29 is 14.4 Å². The van der Waals surface area contributed by atoms with E-state index in [9.17, 15) is 14.4 Å². The summed E-state index contributed by atoms with van der Waals surface area (Å²) in [6, 6.07) is 13.8. The number of amides is 3. The normalized spacial score (nSPS) is 10.2. The van der Waals surface area contributed by atoms with E-state index in [2.05, 4.69) is 28.2 Å². The van der Waals surface area contributed by atoms with Crippen LogP contribution in [0.3, 0.4) is 0 Å². The highest BCUT2D eigenvalue weighted by Crippen LogP contribution is 2.12. The van der Waals surface area contributed by atoms with Gasteiger partial charge >= 0.3 is 0 Å². The topological polar surface area (TPSA) is 99.3 Å². The standard InChI is InChI=1S/C23H30N4O3/c1-3-5-14-25-22(29)17-9-11-19(12-10-17)26-16-21(28)27-20-8-6-7-18(15-20)23(30)24-13-4-2/h6-12,15,26H,3-5,13-14,16H2,1-2H3,(H,24,30)(H,25,29)(H,27,28). The Morgan fingerprint density at radius 1 is 0.767 bits per heavy atom. The number of carbonyl (C=O) groups excluding carboxylic acids is 3. The lowest BCUT2D eigenvalue weighted by Crippen LogP contribution is -2.25. The van der Waals surface area contributed by atoms with Crippen molar-refractivity contribution in [2.75, 3.05) is 30.3 Å². The maximum Gasteiger partial charge on any atom is 0.251 e. The first-order valence-corrected chi connectivity index (χ1v) is 10.3. The summed E-state index contributed by atoms with van der Waals surface area (Å²) >= 11 is 0. The van der Waals surface area contributed by atoms with Gasteiger partial charge in [0.05, 0.1) is 6.54 Å². The zero-order valence-corrected chi connectivity index (χ0v) is 17.6. The van der Waals surface area contributed by atoms with Crippen molar-refractivity contribution in [3.05, 3.63) is 59.7 Å². The predicted molar refractivity (Wildman–Crippen MR) is 120 cm³/mol. The first-order chi connectivity index (χ1) is 14.5. The third-order valence-electron chi connectivity index (χ3n) is 4.36. The van der Waals surface area contributed by atoms with Gasteiger partial charge in [-0.2, -0.15) is 0 Å². The highest BCUT2D eigenvalue weighted by Gasteiger charge is 2.08. The minimum Gasteiger partial charge on any atom is -0.376 e. The molecule has 3 amide bonds. The fourth-order valence-corrected chi connectivity index (χ4v) is 2.69. The molecular formula is C23H30N4O3. The molecule has 0 fully saturated rings. The lowest BCUT2D eigenvalue weighted by Gasteiger charge is -2.10. The number of unbranched alkanes of at least 4 members (excludes halogenated alkanes) is 1. The Hall–Kier alpha value is -3.35. The van der Waals surface area contributed by atoms with E-state index in [1.165, 1.54) is 0 Å². The molecule has 0 saturated heterocycles. The molecule has 160 valence electrons. The number of benzene rings is 2. The summed E-state index contributed by atoms with van der Waals surface area (Å²) in [5.41, 5.74) is 2.38.